The monoisotopic (exact) mass is 281 g/mol. The number of rotatable bonds is 6. The molecule has 5 heteroatoms. The van der Waals surface area contributed by atoms with Crippen LogP contribution in [0.25, 0.3) is 0 Å². The van der Waals surface area contributed by atoms with Crippen molar-refractivity contribution in [3.63, 3.8) is 0 Å². The maximum absolute atomic E-state index is 12.2. The number of esters is 1. The molecule has 0 atom stereocenters. The van der Waals surface area contributed by atoms with Crippen LogP contribution in [0.15, 0.2) is 18.2 Å². The highest BCUT2D eigenvalue weighted by Crippen LogP contribution is 2.46. The van der Waals surface area contributed by atoms with Crippen LogP contribution in [0, 0.1) is 0 Å². The highest BCUT2D eigenvalue weighted by Gasteiger charge is 2.47. The van der Waals surface area contributed by atoms with E-state index in [9.17, 15) is 9.18 Å². The molecule has 2 N–H and O–H groups in total. The Bertz CT molecular complexity index is 486. The summed E-state index contributed by atoms with van der Waals surface area (Å²) in [6.07, 6.45) is 2.51. The van der Waals surface area contributed by atoms with Crippen LogP contribution in [0.5, 0.6) is 5.75 Å². The second-order valence-electron chi connectivity index (χ2n) is 4.95. The van der Waals surface area contributed by atoms with Gasteiger partial charge >= 0.3 is 5.97 Å². The quantitative estimate of drug-likeness (QED) is 0.643. The number of hydrogen-bond donors (Lipinski definition) is 1. The van der Waals surface area contributed by atoms with E-state index in [2.05, 4.69) is 0 Å². The highest BCUT2D eigenvalue weighted by atomic mass is 19.1. The zero-order valence-corrected chi connectivity index (χ0v) is 11.7. The largest absolute Gasteiger partial charge is 0.489 e. The zero-order valence-electron chi connectivity index (χ0n) is 11.7. The second kappa shape index (κ2) is 6.11. The lowest BCUT2D eigenvalue weighted by Gasteiger charge is -2.39. The van der Waals surface area contributed by atoms with Gasteiger partial charge in [0.2, 0.25) is 0 Å². The summed E-state index contributed by atoms with van der Waals surface area (Å²) in [5.41, 5.74) is 6.50. The van der Waals surface area contributed by atoms with Gasteiger partial charge in [0, 0.05) is 0 Å². The lowest BCUT2D eigenvalue weighted by Crippen LogP contribution is -2.43. The minimum absolute atomic E-state index is 0.0416. The molecule has 1 aromatic rings. The van der Waals surface area contributed by atoms with E-state index in [1.165, 1.54) is 0 Å². The summed E-state index contributed by atoms with van der Waals surface area (Å²) < 4.78 is 22.7. The molecule has 1 saturated carbocycles. The molecular weight excluding hydrogens is 261 g/mol. The normalized spacial score (nSPS) is 16.3. The molecule has 0 radical (unpaired) electrons. The summed E-state index contributed by atoms with van der Waals surface area (Å²) in [5.74, 6) is 0.225. The van der Waals surface area contributed by atoms with Gasteiger partial charge in [-0.1, -0.05) is 12.5 Å². The van der Waals surface area contributed by atoms with Gasteiger partial charge in [-0.25, -0.2) is 4.39 Å². The summed E-state index contributed by atoms with van der Waals surface area (Å²) in [7, 11) is 0. The van der Waals surface area contributed by atoms with Crippen LogP contribution in [-0.2, 0) is 14.9 Å². The first-order chi connectivity index (χ1) is 9.64. The number of benzene rings is 1. The minimum atomic E-state index is -0.586. The van der Waals surface area contributed by atoms with Gasteiger partial charge in [0.15, 0.2) is 0 Å². The molecule has 4 nitrogen and oxygen atoms in total. The summed E-state index contributed by atoms with van der Waals surface area (Å²) in [4.78, 5) is 12.2. The van der Waals surface area contributed by atoms with Crippen LogP contribution in [0.2, 0.25) is 0 Å². The number of nitrogens with two attached hydrogens (primary N) is 1. The molecule has 1 fully saturated rings. The lowest BCUT2D eigenvalue weighted by molar-refractivity contribution is -0.153. The van der Waals surface area contributed by atoms with E-state index >= 15 is 0 Å². The molecule has 1 aromatic carbocycles. The van der Waals surface area contributed by atoms with Crippen LogP contribution in [0.1, 0.15) is 31.7 Å². The van der Waals surface area contributed by atoms with Gasteiger partial charge in [0.1, 0.15) is 19.0 Å². The molecule has 0 amide bonds. The summed E-state index contributed by atoms with van der Waals surface area (Å²) in [6.45, 7) is 1.54. The SMILES string of the molecule is CCOC(=O)C1(c2ccc(N)c(OCCF)c2)CCC1. The molecule has 0 unspecified atom stereocenters. The fourth-order valence-corrected chi connectivity index (χ4v) is 2.52. The average Bonchev–Trinajstić information content (AvgIpc) is 2.38. The van der Waals surface area contributed by atoms with Crippen molar-refractivity contribution in [2.24, 2.45) is 0 Å². The van der Waals surface area contributed by atoms with Crippen LogP contribution in [0.3, 0.4) is 0 Å². The van der Waals surface area contributed by atoms with Crippen molar-refractivity contribution in [1.29, 1.82) is 0 Å². The predicted molar refractivity (Wildman–Crippen MR) is 74.5 cm³/mol. The van der Waals surface area contributed by atoms with Crippen LogP contribution in [0.4, 0.5) is 10.1 Å². The molecule has 0 aromatic heterocycles. The summed E-state index contributed by atoms with van der Waals surface area (Å²) in [6, 6.07) is 5.26. The Kier molecular flexibility index (Phi) is 4.47. The number of carbonyl (C=O) groups is 1. The molecule has 110 valence electrons. The van der Waals surface area contributed by atoms with E-state index in [0.29, 0.717) is 18.0 Å². The van der Waals surface area contributed by atoms with Gasteiger partial charge in [-0.05, 0) is 37.5 Å². The third kappa shape index (κ3) is 2.57. The van der Waals surface area contributed by atoms with Gasteiger partial charge in [-0.2, -0.15) is 0 Å². The number of alkyl halides is 1. The van der Waals surface area contributed by atoms with E-state index in [1.54, 1.807) is 19.1 Å². The third-order valence-electron chi connectivity index (χ3n) is 3.77. The molecule has 0 bridgehead atoms. The highest BCUT2D eigenvalue weighted by molar-refractivity contribution is 5.85. The first-order valence-corrected chi connectivity index (χ1v) is 6.90. The van der Waals surface area contributed by atoms with Crippen molar-refractivity contribution < 1.29 is 18.7 Å². The van der Waals surface area contributed by atoms with E-state index in [-0.39, 0.29) is 12.6 Å². The maximum atomic E-state index is 12.2. The van der Waals surface area contributed by atoms with Gasteiger partial charge in [-0.15, -0.1) is 0 Å². The zero-order chi connectivity index (χ0) is 14.6. The van der Waals surface area contributed by atoms with Gasteiger partial charge < -0.3 is 15.2 Å². The molecule has 1 aliphatic rings. The van der Waals surface area contributed by atoms with Crippen molar-refractivity contribution in [3.05, 3.63) is 23.8 Å². The Balaban J connectivity index is 2.28. The van der Waals surface area contributed by atoms with E-state index in [1.807, 2.05) is 6.07 Å². The van der Waals surface area contributed by atoms with E-state index < -0.39 is 12.1 Å². The molecule has 0 saturated heterocycles. The summed E-state index contributed by atoms with van der Waals surface area (Å²) in [5, 5.41) is 0. The number of carbonyl (C=O) groups excluding carboxylic acids is 1. The Hall–Kier alpha value is -1.78. The Morgan fingerprint density at radius 1 is 1.45 bits per heavy atom. The molecule has 1 aliphatic carbocycles. The van der Waals surface area contributed by atoms with Crippen LogP contribution < -0.4 is 10.5 Å². The summed E-state index contributed by atoms with van der Waals surface area (Å²) >= 11 is 0. The third-order valence-corrected chi connectivity index (χ3v) is 3.77. The van der Waals surface area contributed by atoms with Gasteiger partial charge in [0.25, 0.3) is 0 Å². The Morgan fingerprint density at radius 2 is 2.20 bits per heavy atom. The predicted octanol–water partition coefficient (Wildman–Crippen LogP) is 2.60. The number of hydrogen-bond acceptors (Lipinski definition) is 4. The van der Waals surface area contributed by atoms with E-state index in [4.69, 9.17) is 15.2 Å². The Labute approximate surface area is 118 Å². The topological polar surface area (TPSA) is 61.5 Å². The van der Waals surface area contributed by atoms with E-state index in [0.717, 1.165) is 24.8 Å². The Morgan fingerprint density at radius 3 is 2.75 bits per heavy atom. The fraction of sp³-hybridized carbons (Fsp3) is 0.533. The van der Waals surface area contributed by atoms with Crippen molar-refractivity contribution in [1.82, 2.24) is 0 Å². The van der Waals surface area contributed by atoms with Gasteiger partial charge in [-0.3, -0.25) is 4.79 Å². The number of ether oxygens (including phenoxy) is 2. The van der Waals surface area contributed by atoms with Crippen molar-refractivity contribution in [3.8, 4) is 5.75 Å². The van der Waals surface area contributed by atoms with Crippen LogP contribution >= 0.6 is 0 Å². The van der Waals surface area contributed by atoms with Crippen molar-refractivity contribution in [2.75, 3.05) is 25.6 Å². The molecule has 0 aliphatic heterocycles. The van der Waals surface area contributed by atoms with Crippen LogP contribution in [-0.4, -0.2) is 25.9 Å². The average molecular weight is 281 g/mol. The molecule has 0 heterocycles. The van der Waals surface area contributed by atoms with Crippen molar-refractivity contribution in [2.45, 2.75) is 31.6 Å². The molecule has 0 spiro atoms. The molecular formula is C15H20FNO3. The van der Waals surface area contributed by atoms with Crippen molar-refractivity contribution >= 4 is 11.7 Å². The first-order valence-electron chi connectivity index (χ1n) is 6.90. The number of nitrogen functional groups attached to an aromatic ring is 1. The molecule has 20 heavy (non-hydrogen) atoms. The number of halogens is 1. The molecule has 2 rings (SSSR count). The maximum Gasteiger partial charge on any atom is 0.316 e. The fourth-order valence-electron chi connectivity index (χ4n) is 2.52. The minimum Gasteiger partial charge on any atom is -0.489 e. The standard InChI is InChI=1S/C15H20FNO3/c1-2-19-14(18)15(6-3-7-15)11-4-5-12(17)13(10-11)20-9-8-16/h4-5,10H,2-3,6-9,17H2,1H3. The number of anilines is 1. The first kappa shape index (κ1) is 14.6. The second-order valence-corrected chi connectivity index (χ2v) is 4.95. The smallest absolute Gasteiger partial charge is 0.316 e. The van der Waals surface area contributed by atoms with Gasteiger partial charge in [0.05, 0.1) is 17.7 Å². The lowest BCUT2D eigenvalue weighted by atomic mass is 9.64.